The van der Waals surface area contributed by atoms with Crippen LogP contribution in [0.4, 0.5) is 0 Å². The van der Waals surface area contributed by atoms with E-state index in [0.29, 0.717) is 6.04 Å². The van der Waals surface area contributed by atoms with E-state index in [0.717, 1.165) is 12.5 Å². The molecule has 0 aliphatic carbocycles. The Balaban J connectivity index is 1.97. The molecule has 1 aliphatic rings. The van der Waals surface area contributed by atoms with E-state index in [2.05, 4.69) is 30.2 Å². The number of nitrogens with zero attached hydrogens (tertiary/aromatic N) is 1. The summed E-state index contributed by atoms with van der Waals surface area (Å²) >= 11 is 1.87. The minimum atomic E-state index is 0.451. The number of likely N-dealkylation sites (tertiary alicyclic amines) is 1. The molecule has 2 rings (SSSR count). The summed E-state index contributed by atoms with van der Waals surface area (Å²) in [6.07, 6.45) is 5.44. The van der Waals surface area contributed by atoms with E-state index in [9.17, 15) is 0 Å². The molecule has 2 nitrogen and oxygen atoms in total. The van der Waals surface area contributed by atoms with Gasteiger partial charge in [-0.05, 0) is 55.8 Å². The first-order valence-corrected chi connectivity index (χ1v) is 8.12. The number of thiophene rings is 1. The Labute approximate surface area is 115 Å². The molecule has 0 bridgehead atoms. The fraction of sp³-hybridized carbons (Fsp3) is 0.733. The van der Waals surface area contributed by atoms with Gasteiger partial charge >= 0.3 is 0 Å². The molecule has 0 radical (unpaired) electrons. The molecular formula is C15H26N2S. The lowest BCUT2D eigenvalue weighted by Gasteiger charge is -2.37. The molecule has 1 saturated heterocycles. The third-order valence-electron chi connectivity index (χ3n) is 4.21. The van der Waals surface area contributed by atoms with E-state index < -0.39 is 0 Å². The minimum Gasteiger partial charge on any atom is -0.329 e. The van der Waals surface area contributed by atoms with Crippen molar-refractivity contribution in [1.29, 1.82) is 0 Å². The topological polar surface area (TPSA) is 29.3 Å². The lowest BCUT2D eigenvalue weighted by atomic mass is 9.91. The highest BCUT2D eigenvalue weighted by atomic mass is 32.1. The van der Waals surface area contributed by atoms with E-state index in [4.69, 9.17) is 5.73 Å². The van der Waals surface area contributed by atoms with Gasteiger partial charge in [0.2, 0.25) is 0 Å². The van der Waals surface area contributed by atoms with Gasteiger partial charge in [-0.25, -0.2) is 0 Å². The Hall–Kier alpha value is -0.380. The summed E-state index contributed by atoms with van der Waals surface area (Å²) in [5.74, 6) is 0.953. The smallest absolute Gasteiger partial charge is 0.0566 e. The zero-order valence-electron chi connectivity index (χ0n) is 11.7. The van der Waals surface area contributed by atoms with Crippen LogP contribution in [0.5, 0.6) is 0 Å². The second-order valence-corrected chi connectivity index (χ2v) is 6.44. The minimum absolute atomic E-state index is 0.451. The molecule has 0 amide bonds. The monoisotopic (exact) mass is 266 g/mol. The van der Waals surface area contributed by atoms with Crippen molar-refractivity contribution in [2.24, 2.45) is 11.7 Å². The van der Waals surface area contributed by atoms with Crippen molar-refractivity contribution in [1.82, 2.24) is 4.90 Å². The number of aryl methyl sites for hydroxylation is 1. The van der Waals surface area contributed by atoms with Gasteiger partial charge < -0.3 is 5.73 Å². The zero-order valence-corrected chi connectivity index (χ0v) is 12.5. The summed E-state index contributed by atoms with van der Waals surface area (Å²) in [5, 5.41) is 2.19. The molecule has 18 heavy (non-hydrogen) atoms. The molecule has 1 aliphatic heterocycles. The van der Waals surface area contributed by atoms with Gasteiger partial charge in [0.1, 0.15) is 0 Å². The summed E-state index contributed by atoms with van der Waals surface area (Å²) in [5.41, 5.74) is 7.43. The van der Waals surface area contributed by atoms with Crippen LogP contribution in [0, 0.1) is 12.8 Å². The van der Waals surface area contributed by atoms with E-state index in [-0.39, 0.29) is 0 Å². The van der Waals surface area contributed by atoms with Crippen molar-refractivity contribution in [2.75, 3.05) is 19.6 Å². The van der Waals surface area contributed by atoms with E-state index in [1.165, 1.54) is 49.2 Å². The first-order chi connectivity index (χ1) is 8.76. The van der Waals surface area contributed by atoms with E-state index in [1.807, 2.05) is 11.3 Å². The van der Waals surface area contributed by atoms with Crippen LogP contribution >= 0.6 is 11.3 Å². The van der Waals surface area contributed by atoms with Gasteiger partial charge in [0.15, 0.2) is 0 Å². The van der Waals surface area contributed by atoms with Crippen LogP contribution in [0.2, 0.25) is 0 Å². The number of rotatable bonds is 5. The molecule has 0 saturated carbocycles. The first-order valence-electron chi connectivity index (χ1n) is 7.24. The number of hydrogen-bond donors (Lipinski definition) is 1. The van der Waals surface area contributed by atoms with Gasteiger partial charge in [-0.3, -0.25) is 4.90 Å². The van der Waals surface area contributed by atoms with Crippen molar-refractivity contribution in [3.63, 3.8) is 0 Å². The molecule has 2 heterocycles. The Kier molecular flexibility index (Phi) is 5.22. The predicted octanol–water partition coefficient (Wildman–Crippen LogP) is 3.57. The van der Waals surface area contributed by atoms with Gasteiger partial charge in [0.25, 0.3) is 0 Å². The van der Waals surface area contributed by atoms with E-state index >= 15 is 0 Å². The summed E-state index contributed by atoms with van der Waals surface area (Å²) in [4.78, 5) is 4.08. The molecule has 2 N–H and O–H groups in total. The van der Waals surface area contributed by atoms with Crippen LogP contribution in [-0.4, -0.2) is 24.5 Å². The van der Waals surface area contributed by atoms with Gasteiger partial charge in [-0.2, -0.15) is 0 Å². The van der Waals surface area contributed by atoms with Crippen LogP contribution in [0.1, 0.15) is 49.1 Å². The van der Waals surface area contributed by atoms with Crippen LogP contribution in [0.3, 0.4) is 0 Å². The van der Waals surface area contributed by atoms with Gasteiger partial charge in [0.05, 0.1) is 6.04 Å². The fourth-order valence-electron chi connectivity index (χ4n) is 3.11. The molecule has 0 spiro atoms. The Morgan fingerprint density at radius 2 is 2.17 bits per heavy atom. The fourth-order valence-corrected chi connectivity index (χ4v) is 4.18. The molecule has 1 atom stereocenters. The first kappa shape index (κ1) is 14.0. The standard InChI is InChI=1S/C15H26N2S/c1-3-4-13-5-8-17(9-6-13)14(11-16)15-12(2)7-10-18-15/h7,10,13-14H,3-6,8-9,11,16H2,1-2H3. The van der Waals surface area contributed by atoms with Gasteiger partial charge in [-0.1, -0.05) is 19.8 Å². The van der Waals surface area contributed by atoms with Crippen molar-refractivity contribution < 1.29 is 0 Å². The second kappa shape index (κ2) is 6.69. The number of nitrogens with two attached hydrogens (primary N) is 1. The summed E-state index contributed by atoms with van der Waals surface area (Å²) in [7, 11) is 0. The molecule has 3 heteroatoms. The average Bonchev–Trinajstić information content (AvgIpc) is 2.79. The Bertz CT molecular complexity index is 353. The molecular weight excluding hydrogens is 240 g/mol. The second-order valence-electron chi connectivity index (χ2n) is 5.49. The highest BCUT2D eigenvalue weighted by Crippen LogP contribution is 2.32. The zero-order chi connectivity index (χ0) is 13.0. The molecule has 1 fully saturated rings. The lowest BCUT2D eigenvalue weighted by Crippen LogP contribution is -2.39. The number of piperidine rings is 1. The molecule has 1 aromatic rings. The maximum absolute atomic E-state index is 6.02. The maximum atomic E-state index is 6.02. The average molecular weight is 266 g/mol. The lowest BCUT2D eigenvalue weighted by molar-refractivity contribution is 0.133. The predicted molar refractivity (Wildman–Crippen MR) is 80.1 cm³/mol. The molecule has 102 valence electrons. The largest absolute Gasteiger partial charge is 0.329 e. The SMILES string of the molecule is CCCC1CCN(C(CN)c2sccc2C)CC1. The highest BCUT2D eigenvalue weighted by Gasteiger charge is 2.26. The highest BCUT2D eigenvalue weighted by molar-refractivity contribution is 7.10. The normalized spacial score (nSPS) is 20.2. The molecule has 0 aromatic carbocycles. The summed E-state index contributed by atoms with van der Waals surface area (Å²) in [6, 6.07) is 2.67. The molecule has 1 aromatic heterocycles. The Morgan fingerprint density at radius 3 is 2.67 bits per heavy atom. The Morgan fingerprint density at radius 1 is 1.44 bits per heavy atom. The van der Waals surface area contributed by atoms with Gasteiger partial charge in [-0.15, -0.1) is 11.3 Å². The van der Waals surface area contributed by atoms with Crippen LogP contribution in [0.15, 0.2) is 11.4 Å². The number of hydrogen-bond acceptors (Lipinski definition) is 3. The van der Waals surface area contributed by atoms with Crippen molar-refractivity contribution in [3.05, 3.63) is 21.9 Å². The van der Waals surface area contributed by atoms with Gasteiger partial charge in [0, 0.05) is 11.4 Å². The third kappa shape index (κ3) is 3.14. The van der Waals surface area contributed by atoms with Crippen LogP contribution < -0.4 is 5.73 Å². The third-order valence-corrected chi connectivity index (χ3v) is 5.33. The van der Waals surface area contributed by atoms with Crippen LogP contribution in [0.25, 0.3) is 0 Å². The maximum Gasteiger partial charge on any atom is 0.0566 e. The van der Waals surface area contributed by atoms with E-state index in [1.54, 1.807) is 0 Å². The quantitative estimate of drug-likeness (QED) is 0.883. The summed E-state index contributed by atoms with van der Waals surface area (Å²) in [6.45, 7) is 7.70. The van der Waals surface area contributed by atoms with Crippen molar-refractivity contribution >= 4 is 11.3 Å². The van der Waals surface area contributed by atoms with Crippen LogP contribution in [-0.2, 0) is 0 Å². The van der Waals surface area contributed by atoms with Crippen molar-refractivity contribution in [3.8, 4) is 0 Å². The summed E-state index contributed by atoms with van der Waals surface area (Å²) < 4.78 is 0. The molecule has 1 unspecified atom stereocenters. The van der Waals surface area contributed by atoms with Crippen molar-refractivity contribution in [2.45, 2.75) is 45.6 Å².